The molecule has 0 spiro atoms. The highest BCUT2D eigenvalue weighted by Gasteiger charge is 2.29. The molecule has 1 fully saturated rings. The Morgan fingerprint density at radius 3 is 2.73 bits per heavy atom. The van der Waals surface area contributed by atoms with Crippen LogP contribution < -0.4 is 0 Å². The second kappa shape index (κ2) is 4.36. The molecule has 1 nitrogen and oxygen atoms in total. The van der Waals surface area contributed by atoms with Gasteiger partial charge in [-0.25, -0.2) is 0 Å². The summed E-state index contributed by atoms with van der Waals surface area (Å²) < 4.78 is 0. The molecule has 1 atom stereocenters. The summed E-state index contributed by atoms with van der Waals surface area (Å²) in [6, 6.07) is 6.57. The van der Waals surface area contributed by atoms with E-state index in [0.29, 0.717) is 5.92 Å². The summed E-state index contributed by atoms with van der Waals surface area (Å²) in [7, 11) is 0. The topological polar surface area (TPSA) is 20.2 Å². The van der Waals surface area contributed by atoms with Crippen molar-refractivity contribution in [3.05, 3.63) is 34.9 Å². The molecule has 0 aliphatic heterocycles. The number of benzene rings is 1. The fraction of sp³-hybridized carbons (Fsp3) is 0.571. The Bertz CT molecular complexity index is 339. The van der Waals surface area contributed by atoms with Gasteiger partial charge in [0.05, 0.1) is 6.10 Å². The maximum Gasteiger partial charge on any atom is 0.0571 e. The highest BCUT2D eigenvalue weighted by atomic mass is 16.3. The molecule has 0 amide bonds. The standard InChI is InChI=1S/C14H20O/c1-10-3-4-11(2)13(9-10)7-8-14(15)12-5-6-12/h3-4,9,12,14-15H,5-8H2,1-2H3. The minimum Gasteiger partial charge on any atom is -0.393 e. The van der Waals surface area contributed by atoms with Gasteiger partial charge in [-0.1, -0.05) is 23.8 Å². The first-order valence-electron chi connectivity index (χ1n) is 5.91. The van der Waals surface area contributed by atoms with Crippen LogP contribution >= 0.6 is 0 Å². The zero-order valence-corrected chi connectivity index (χ0v) is 9.66. The molecule has 1 aromatic rings. The lowest BCUT2D eigenvalue weighted by Crippen LogP contribution is -2.10. The highest BCUT2D eigenvalue weighted by Crippen LogP contribution is 2.34. The summed E-state index contributed by atoms with van der Waals surface area (Å²) in [5, 5.41) is 9.81. The van der Waals surface area contributed by atoms with E-state index in [0.717, 1.165) is 12.8 Å². The molecular weight excluding hydrogens is 184 g/mol. The number of aliphatic hydroxyl groups excluding tert-OH is 1. The summed E-state index contributed by atoms with van der Waals surface area (Å²) in [5.74, 6) is 0.607. The van der Waals surface area contributed by atoms with Crippen LogP contribution in [0.4, 0.5) is 0 Å². The maximum atomic E-state index is 9.81. The number of aliphatic hydroxyl groups is 1. The van der Waals surface area contributed by atoms with Gasteiger partial charge in [0, 0.05) is 0 Å². The molecule has 1 saturated carbocycles. The third-order valence-corrected chi connectivity index (χ3v) is 3.38. The van der Waals surface area contributed by atoms with Gasteiger partial charge in [0.25, 0.3) is 0 Å². The van der Waals surface area contributed by atoms with Gasteiger partial charge in [-0.05, 0) is 56.6 Å². The SMILES string of the molecule is Cc1ccc(C)c(CCC(O)C2CC2)c1. The molecule has 82 valence electrons. The van der Waals surface area contributed by atoms with E-state index in [1.165, 1.54) is 29.5 Å². The second-order valence-electron chi connectivity index (χ2n) is 4.87. The van der Waals surface area contributed by atoms with Crippen molar-refractivity contribution >= 4 is 0 Å². The third-order valence-electron chi connectivity index (χ3n) is 3.38. The number of hydrogen-bond acceptors (Lipinski definition) is 1. The lowest BCUT2D eigenvalue weighted by molar-refractivity contribution is 0.142. The van der Waals surface area contributed by atoms with Crippen LogP contribution in [-0.4, -0.2) is 11.2 Å². The minimum absolute atomic E-state index is 0.0649. The molecule has 1 heteroatoms. The van der Waals surface area contributed by atoms with Crippen LogP contribution in [0.25, 0.3) is 0 Å². The quantitative estimate of drug-likeness (QED) is 0.799. The van der Waals surface area contributed by atoms with Crippen LogP contribution in [0.3, 0.4) is 0 Å². The van der Waals surface area contributed by atoms with E-state index in [1.54, 1.807) is 0 Å². The zero-order valence-electron chi connectivity index (χ0n) is 9.66. The first-order chi connectivity index (χ1) is 7.16. The van der Waals surface area contributed by atoms with Gasteiger partial charge < -0.3 is 5.11 Å². The van der Waals surface area contributed by atoms with Crippen LogP contribution in [0, 0.1) is 19.8 Å². The van der Waals surface area contributed by atoms with Crippen molar-refractivity contribution < 1.29 is 5.11 Å². The fourth-order valence-electron chi connectivity index (χ4n) is 2.09. The lowest BCUT2D eigenvalue weighted by atomic mass is 9.98. The number of hydrogen-bond donors (Lipinski definition) is 1. The van der Waals surface area contributed by atoms with Crippen molar-refractivity contribution in [1.82, 2.24) is 0 Å². The summed E-state index contributed by atoms with van der Waals surface area (Å²) in [6.07, 6.45) is 4.34. The van der Waals surface area contributed by atoms with E-state index < -0.39 is 0 Å². The van der Waals surface area contributed by atoms with E-state index in [1.807, 2.05) is 0 Å². The van der Waals surface area contributed by atoms with E-state index in [9.17, 15) is 5.11 Å². The normalized spacial score (nSPS) is 17.8. The van der Waals surface area contributed by atoms with Crippen LogP contribution in [0.15, 0.2) is 18.2 Å². The lowest BCUT2D eigenvalue weighted by Gasteiger charge is -2.11. The molecule has 1 aliphatic rings. The van der Waals surface area contributed by atoms with Crippen molar-refractivity contribution in [2.24, 2.45) is 5.92 Å². The summed E-state index contributed by atoms with van der Waals surface area (Å²) in [4.78, 5) is 0. The molecule has 0 saturated heterocycles. The van der Waals surface area contributed by atoms with Gasteiger partial charge in [-0.3, -0.25) is 0 Å². The minimum atomic E-state index is -0.0649. The van der Waals surface area contributed by atoms with Crippen LogP contribution in [-0.2, 0) is 6.42 Å². The Morgan fingerprint density at radius 2 is 2.07 bits per heavy atom. The maximum absolute atomic E-state index is 9.81. The van der Waals surface area contributed by atoms with Crippen molar-refractivity contribution in [1.29, 1.82) is 0 Å². The molecule has 0 heterocycles. The van der Waals surface area contributed by atoms with E-state index in [-0.39, 0.29) is 6.10 Å². The predicted octanol–water partition coefficient (Wildman–Crippen LogP) is 3.01. The van der Waals surface area contributed by atoms with Crippen LogP contribution in [0.1, 0.15) is 36.0 Å². The molecule has 1 aromatic carbocycles. The number of aryl methyl sites for hydroxylation is 3. The third kappa shape index (κ3) is 2.82. The average molecular weight is 204 g/mol. The second-order valence-corrected chi connectivity index (χ2v) is 4.87. The fourth-order valence-corrected chi connectivity index (χ4v) is 2.09. The number of rotatable bonds is 4. The van der Waals surface area contributed by atoms with Crippen molar-refractivity contribution in [2.75, 3.05) is 0 Å². The molecule has 0 aromatic heterocycles. The zero-order chi connectivity index (χ0) is 10.8. The first-order valence-corrected chi connectivity index (χ1v) is 5.91. The van der Waals surface area contributed by atoms with E-state index in [2.05, 4.69) is 32.0 Å². The van der Waals surface area contributed by atoms with Gasteiger partial charge in [0.2, 0.25) is 0 Å². The van der Waals surface area contributed by atoms with Gasteiger partial charge in [0.1, 0.15) is 0 Å². The predicted molar refractivity (Wildman–Crippen MR) is 63.0 cm³/mol. The molecule has 1 aliphatic carbocycles. The summed E-state index contributed by atoms with van der Waals surface area (Å²) >= 11 is 0. The Balaban J connectivity index is 1.94. The average Bonchev–Trinajstić information content (AvgIpc) is 3.02. The summed E-state index contributed by atoms with van der Waals surface area (Å²) in [6.45, 7) is 4.28. The smallest absolute Gasteiger partial charge is 0.0571 e. The molecular formula is C14H20O. The van der Waals surface area contributed by atoms with Gasteiger partial charge in [-0.15, -0.1) is 0 Å². The van der Waals surface area contributed by atoms with Crippen molar-refractivity contribution in [3.63, 3.8) is 0 Å². The Hall–Kier alpha value is -0.820. The van der Waals surface area contributed by atoms with Crippen LogP contribution in [0.5, 0.6) is 0 Å². The molecule has 15 heavy (non-hydrogen) atoms. The van der Waals surface area contributed by atoms with Crippen molar-refractivity contribution in [2.45, 2.75) is 45.6 Å². The van der Waals surface area contributed by atoms with Gasteiger partial charge in [-0.2, -0.15) is 0 Å². The largest absolute Gasteiger partial charge is 0.393 e. The van der Waals surface area contributed by atoms with E-state index in [4.69, 9.17) is 0 Å². The molecule has 0 radical (unpaired) electrons. The molecule has 1 N–H and O–H groups in total. The summed E-state index contributed by atoms with van der Waals surface area (Å²) in [5.41, 5.74) is 4.06. The highest BCUT2D eigenvalue weighted by molar-refractivity contribution is 5.30. The monoisotopic (exact) mass is 204 g/mol. The molecule has 0 bridgehead atoms. The molecule has 2 rings (SSSR count). The Morgan fingerprint density at radius 1 is 1.33 bits per heavy atom. The van der Waals surface area contributed by atoms with Gasteiger partial charge in [0.15, 0.2) is 0 Å². The Labute approximate surface area is 92.1 Å². The van der Waals surface area contributed by atoms with Gasteiger partial charge >= 0.3 is 0 Å². The Kier molecular flexibility index (Phi) is 3.11. The molecule has 1 unspecified atom stereocenters. The first kappa shape index (κ1) is 10.7. The van der Waals surface area contributed by atoms with Crippen molar-refractivity contribution in [3.8, 4) is 0 Å². The van der Waals surface area contributed by atoms with Crippen LogP contribution in [0.2, 0.25) is 0 Å². The van der Waals surface area contributed by atoms with E-state index >= 15 is 0 Å².